The molecular formula is C14H17ClF2N2O2S. The molecule has 0 aromatic heterocycles. The summed E-state index contributed by atoms with van der Waals surface area (Å²) in [7, 11) is 0. The minimum absolute atomic E-state index is 0.0210. The van der Waals surface area contributed by atoms with Crippen LogP contribution in [0.5, 0.6) is 0 Å². The van der Waals surface area contributed by atoms with E-state index in [0.29, 0.717) is 32.0 Å². The number of nitrogens with zero attached hydrogens (tertiary/aromatic N) is 1. The Bertz CT molecular complexity index is 523. The van der Waals surface area contributed by atoms with Crippen LogP contribution < -0.4 is 5.48 Å². The first-order chi connectivity index (χ1) is 10.6. The van der Waals surface area contributed by atoms with Crippen molar-refractivity contribution >= 4 is 29.5 Å². The summed E-state index contributed by atoms with van der Waals surface area (Å²) in [6.07, 6.45) is 0.389. The van der Waals surface area contributed by atoms with Gasteiger partial charge in [0.05, 0.1) is 13.2 Å². The van der Waals surface area contributed by atoms with Crippen molar-refractivity contribution in [2.24, 2.45) is 4.99 Å². The molecule has 1 aromatic rings. The van der Waals surface area contributed by atoms with E-state index in [1.165, 1.54) is 12.0 Å². The zero-order chi connectivity index (χ0) is 15.9. The third-order valence-corrected chi connectivity index (χ3v) is 3.84. The van der Waals surface area contributed by atoms with Gasteiger partial charge in [0, 0.05) is 35.2 Å². The summed E-state index contributed by atoms with van der Waals surface area (Å²) in [6, 6.07) is 2.23. The van der Waals surface area contributed by atoms with Crippen LogP contribution in [0.2, 0.25) is 5.02 Å². The third-order valence-electron chi connectivity index (χ3n) is 3.05. The van der Waals surface area contributed by atoms with Crippen LogP contribution in [0.15, 0.2) is 17.1 Å². The molecule has 8 heteroatoms. The molecule has 1 atom stereocenters. The van der Waals surface area contributed by atoms with Crippen LogP contribution in [-0.4, -0.2) is 31.3 Å². The fraction of sp³-hybridized carbons (Fsp3) is 0.500. The molecule has 0 bridgehead atoms. The Kier molecular flexibility index (Phi) is 6.88. The van der Waals surface area contributed by atoms with Crippen molar-refractivity contribution in [3.05, 3.63) is 34.4 Å². The van der Waals surface area contributed by atoms with Crippen molar-refractivity contribution in [2.45, 2.75) is 19.3 Å². The molecule has 1 aliphatic heterocycles. The largest absolute Gasteiger partial charge is 0.313 e. The predicted octanol–water partition coefficient (Wildman–Crippen LogP) is 3.71. The van der Waals surface area contributed by atoms with Gasteiger partial charge in [-0.1, -0.05) is 18.5 Å². The third kappa shape index (κ3) is 4.81. The number of hydrogen-bond donors (Lipinski definition) is 1. The molecule has 0 radical (unpaired) electrons. The molecule has 122 valence electrons. The Morgan fingerprint density at radius 2 is 2.09 bits per heavy atom. The fourth-order valence-electron chi connectivity index (χ4n) is 2.15. The quantitative estimate of drug-likeness (QED) is 0.462. The highest BCUT2D eigenvalue weighted by molar-refractivity contribution is 7.94. The van der Waals surface area contributed by atoms with Gasteiger partial charge < -0.3 is 4.18 Å². The lowest BCUT2D eigenvalue weighted by molar-refractivity contribution is 0.0634. The molecule has 2 rings (SSSR count). The van der Waals surface area contributed by atoms with Gasteiger partial charge in [0.15, 0.2) is 0 Å². The smallest absolute Gasteiger partial charge is 0.131 e. The van der Waals surface area contributed by atoms with Crippen molar-refractivity contribution in [2.75, 3.05) is 25.5 Å². The first-order valence-electron chi connectivity index (χ1n) is 6.91. The van der Waals surface area contributed by atoms with Gasteiger partial charge in [-0.05, 0) is 24.2 Å². The first-order valence-corrected chi connectivity index (χ1v) is 8.20. The fourth-order valence-corrected chi connectivity index (χ4v) is 2.69. The molecule has 0 spiro atoms. The second-order valence-corrected chi connectivity index (χ2v) is 6.14. The van der Waals surface area contributed by atoms with E-state index in [4.69, 9.17) is 20.6 Å². The maximum absolute atomic E-state index is 13.9. The van der Waals surface area contributed by atoms with Crippen molar-refractivity contribution in [3.63, 3.8) is 0 Å². The monoisotopic (exact) mass is 350 g/mol. The van der Waals surface area contributed by atoms with Crippen LogP contribution in [0.1, 0.15) is 24.8 Å². The molecule has 0 fully saturated rings. The molecule has 0 saturated carbocycles. The average molecular weight is 351 g/mol. The van der Waals surface area contributed by atoms with Crippen LogP contribution >= 0.6 is 23.6 Å². The standard InChI is InChI=1S/C14H17ClF2N2O2S/c1-2-22-21-4-3-20-19-13-5-9(8-18-13)14-11(16)6-10(15)7-12(14)17/h6-7,9H,2-5,8H2,1H3,(H,18,19). The van der Waals surface area contributed by atoms with E-state index in [-0.39, 0.29) is 16.5 Å². The molecule has 0 aliphatic carbocycles. The zero-order valence-electron chi connectivity index (χ0n) is 12.1. The number of rotatable bonds is 7. The molecule has 1 unspecified atom stereocenters. The lowest BCUT2D eigenvalue weighted by atomic mass is 9.96. The van der Waals surface area contributed by atoms with E-state index in [2.05, 4.69) is 10.5 Å². The zero-order valence-corrected chi connectivity index (χ0v) is 13.6. The summed E-state index contributed by atoms with van der Waals surface area (Å²) in [4.78, 5) is 9.40. The molecule has 1 heterocycles. The molecule has 1 aliphatic rings. The van der Waals surface area contributed by atoms with E-state index in [1.807, 2.05) is 6.92 Å². The van der Waals surface area contributed by atoms with Gasteiger partial charge in [0.2, 0.25) is 0 Å². The van der Waals surface area contributed by atoms with Crippen molar-refractivity contribution in [1.82, 2.24) is 5.48 Å². The number of hydrogen-bond acceptors (Lipinski definition) is 5. The Balaban J connectivity index is 1.80. The van der Waals surface area contributed by atoms with Crippen molar-refractivity contribution in [3.8, 4) is 0 Å². The molecule has 4 nitrogen and oxygen atoms in total. The van der Waals surface area contributed by atoms with E-state index in [0.717, 1.165) is 17.9 Å². The molecule has 22 heavy (non-hydrogen) atoms. The second-order valence-electron chi connectivity index (χ2n) is 4.65. The minimum atomic E-state index is -0.641. The SMILES string of the molecule is CCSOCCONC1=NCC(c2c(F)cc(Cl)cc2F)C1. The van der Waals surface area contributed by atoms with E-state index < -0.39 is 11.6 Å². The van der Waals surface area contributed by atoms with Crippen molar-refractivity contribution in [1.29, 1.82) is 0 Å². The highest BCUT2D eigenvalue weighted by atomic mass is 35.5. The van der Waals surface area contributed by atoms with E-state index in [9.17, 15) is 8.78 Å². The number of nitrogens with one attached hydrogen (secondary N) is 1. The van der Waals surface area contributed by atoms with Crippen LogP contribution in [0.3, 0.4) is 0 Å². The highest BCUT2D eigenvalue weighted by Gasteiger charge is 2.26. The number of benzene rings is 1. The number of aliphatic imine (C=N–C) groups is 1. The van der Waals surface area contributed by atoms with Gasteiger partial charge in [-0.3, -0.25) is 15.3 Å². The normalized spacial score (nSPS) is 17.6. The van der Waals surface area contributed by atoms with Crippen LogP contribution in [0.4, 0.5) is 8.78 Å². The maximum atomic E-state index is 13.9. The maximum Gasteiger partial charge on any atom is 0.131 e. The summed E-state index contributed by atoms with van der Waals surface area (Å²) in [5, 5.41) is 0.0456. The first kappa shape index (κ1) is 17.5. The summed E-state index contributed by atoms with van der Waals surface area (Å²) in [5.41, 5.74) is 2.72. The van der Waals surface area contributed by atoms with Crippen molar-refractivity contribution < 1.29 is 17.8 Å². The van der Waals surface area contributed by atoms with Gasteiger partial charge in [-0.15, -0.1) is 0 Å². The molecule has 1 aromatic carbocycles. The predicted molar refractivity (Wildman–Crippen MR) is 84.2 cm³/mol. The number of amidine groups is 1. The summed E-state index contributed by atoms with van der Waals surface area (Å²) in [6.45, 7) is 3.11. The summed E-state index contributed by atoms with van der Waals surface area (Å²) >= 11 is 6.98. The van der Waals surface area contributed by atoms with Gasteiger partial charge >= 0.3 is 0 Å². The van der Waals surface area contributed by atoms with E-state index in [1.54, 1.807) is 0 Å². The van der Waals surface area contributed by atoms with E-state index >= 15 is 0 Å². The molecule has 0 amide bonds. The van der Waals surface area contributed by atoms with Gasteiger partial charge in [-0.2, -0.15) is 0 Å². The molecular weight excluding hydrogens is 334 g/mol. The highest BCUT2D eigenvalue weighted by Crippen LogP contribution is 2.31. The summed E-state index contributed by atoms with van der Waals surface area (Å²) in [5.74, 6) is -0.188. The Morgan fingerprint density at radius 1 is 1.36 bits per heavy atom. The Morgan fingerprint density at radius 3 is 2.77 bits per heavy atom. The second kappa shape index (κ2) is 8.67. The van der Waals surface area contributed by atoms with Gasteiger partial charge in [0.25, 0.3) is 0 Å². The molecule has 0 saturated heterocycles. The summed E-state index contributed by atoms with van der Waals surface area (Å²) < 4.78 is 32.9. The van der Waals surface area contributed by atoms with Crippen LogP contribution in [-0.2, 0) is 9.02 Å². The Labute approximate surface area is 137 Å². The topological polar surface area (TPSA) is 42.9 Å². The molecule has 1 N–H and O–H groups in total. The van der Waals surface area contributed by atoms with Gasteiger partial charge in [0.1, 0.15) is 17.5 Å². The average Bonchev–Trinajstić information content (AvgIpc) is 2.90. The van der Waals surface area contributed by atoms with Crippen LogP contribution in [0, 0.1) is 11.6 Å². The number of halogens is 3. The number of hydroxylamine groups is 1. The minimum Gasteiger partial charge on any atom is -0.313 e. The Hall–Kier alpha value is -0.890. The lowest BCUT2D eigenvalue weighted by Gasteiger charge is -2.12. The van der Waals surface area contributed by atoms with Gasteiger partial charge in [-0.25, -0.2) is 8.78 Å². The lowest BCUT2D eigenvalue weighted by Crippen LogP contribution is -2.24. The van der Waals surface area contributed by atoms with Crippen LogP contribution in [0.25, 0.3) is 0 Å².